The number of amides is 1. The van der Waals surface area contributed by atoms with Crippen LogP contribution in [0, 0.1) is 0 Å². The zero-order chi connectivity index (χ0) is 18.2. The molecule has 0 bridgehead atoms. The lowest BCUT2D eigenvalue weighted by molar-refractivity contribution is 0.102. The van der Waals surface area contributed by atoms with Crippen molar-refractivity contribution in [1.82, 2.24) is 0 Å². The zero-order valence-electron chi connectivity index (χ0n) is 12.8. The standard InChI is InChI=1S/C17H14N2O5S/c18-13-3-1-2-11(6-13)17(21)19-15-8-10-4-5-14(25(22,23)24)7-12(10)9-16(15)20/h1-9,20H,18H2,(H,19,21)(H,22,23,24). The third-order valence-electron chi connectivity index (χ3n) is 3.62. The van der Waals surface area contributed by atoms with Gasteiger partial charge in [-0.1, -0.05) is 12.1 Å². The van der Waals surface area contributed by atoms with Gasteiger partial charge in [0.25, 0.3) is 16.0 Å². The summed E-state index contributed by atoms with van der Waals surface area (Å²) >= 11 is 0. The number of aromatic hydroxyl groups is 1. The summed E-state index contributed by atoms with van der Waals surface area (Å²) in [6.45, 7) is 0. The summed E-state index contributed by atoms with van der Waals surface area (Å²) in [7, 11) is -4.34. The topological polar surface area (TPSA) is 130 Å². The van der Waals surface area contributed by atoms with Crippen molar-refractivity contribution in [3.05, 3.63) is 60.2 Å². The second-order valence-corrected chi connectivity index (χ2v) is 6.85. The molecule has 3 rings (SSSR count). The van der Waals surface area contributed by atoms with E-state index >= 15 is 0 Å². The highest BCUT2D eigenvalue weighted by molar-refractivity contribution is 7.85. The lowest BCUT2D eigenvalue weighted by Gasteiger charge is -2.10. The molecule has 128 valence electrons. The van der Waals surface area contributed by atoms with Gasteiger partial charge in [-0.3, -0.25) is 9.35 Å². The molecule has 8 heteroatoms. The summed E-state index contributed by atoms with van der Waals surface area (Å²) in [4.78, 5) is 12.0. The van der Waals surface area contributed by atoms with Crippen LogP contribution < -0.4 is 11.1 Å². The maximum Gasteiger partial charge on any atom is 0.294 e. The zero-order valence-corrected chi connectivity index (χ0v) is 13.6. The van der Waals surface area contributed by atoms with Crippen LogP contribution >= 0.6 is 0 Å². The van der Waals surface area contributed by atoms with E-state index in [2.05, 4.69) is 5.32 Å². The number of carbonyl (C=O) groups is 1. The molecule has 0 unspecified atom stereocenters. The summed E-state index contributed by atoms with van der Waals surface area (Å²) in [5, 5.41) is 13.7. The van der Waals surface area contributed by atoms with Gasteiger partial charge in [0.05, 0.1) is 10.6 Å². The number of hydrogen-bond acceptors (Lipinski definition) is 5. The van der Waals surface area contributed by atoms with Crippen LogP contribution in [0.3, 0.4) is 0 Å². The van der Waals surface area contributed by atoms with E-state index in [1.165, 1.54) is 36.4 Å². The van der Waals surface area contributed by atoms with Crippen molar-refractivity contribution in [3.63, 3.8) is 0 Å². The molecule has 0 aliphatic carbocycles. The summed E-state index contributed by atoms with van der Waals surface area (Å²) < 4.78 is 31.5. The molecule has 0 aliphatic rings. The molecule has 0 aliphatic heterocycles. The molecule has 7 nitrogen and oxygen atoms in total. The Kier molecular flexibility index (Phi) is 4.07. The number of nitrogens with one attached hydrogen (secondary N) is 1. The fourth-order valence-electron chi connectivity index (χ4n) is 2.40. The Morgan fingerprint density at radius 3 is 2.44 bits per heavy atom. The third-order valence-corrected chi connectivity index (χ3v) is 4.47. The number of nitrogens with two attached hydrogens (primary N) is 1. The first kappa shape index (κ1) is 16.7. The van der Waals surface area contributed by atoms with Gasteiger partial charge < -0.3 is 16.2 Å². The van der Waals surface area contributed by atoms with Crippen molar-refractivity contribution < 1.29 is 22.9 Å². The first-order valence-electron chi connectivity index (χ1n) is 7.15. The molecular weight excluding hydrogens is 344 g/mol. The maximum absolute atomic E-state index is 12.3. The Morgan fingerprint density at radius 1 is 1.00 bits per heavy atom. The molecular formula is C17H14N2O5S. The lowest BCUT2D eigenvalue weighted by Crippen LogP contribution is -2.12. The monoisotopic (exact) mass is 358 g/mol. The van der Waals surface area contributed by atoms with Gasteiger partial charge in [0.2, 0.25) is 0 Å². The molecule has 5 N–H and O–H groups in total. The average Bonchev–Trinajstić information content (AvgIpc) is 2.54. The Hall–Kier alpha value is -3.10. The predicted octanol–water partition coefficient (Wildman–Crippen LogP) is 2.63. The van der Waals surface area contributed by atoms with Crippen molar-refractivity contribution in [2.45, 2.75) is 4.90 Å². The fraction of sp³-hybridized carbons (Fsp3) is 0. The van der Waals surface area contributed by atoms with E-state index in [4.69, 9.17) is 10.3 Å². The molecule has 0 saturated carbocycles. The van der Waals surface area contributed by atoms with Crippen LogP contribution in [0.5, 0.6) is 5.75 Å². The molecule has 0 heterocycles. The quantitative estimate of drug-likeness (QED) is 0.323. The Bertz CT molecular complexity index is 1090. The van der Waals surface area contributed by atoms with Gasteiger partial charge in [-0.15, -0.1) is 0 Å². The SMILES string of the molecule is Nc1cccc(C(=O)Nc2cc3ccc(S(=O)(=O)O)cc3cc2O)c1. The maximum atomic E-state index is 12.3. The van der Waals surface area contributed by atoms with Gasteiger partial charge in [0.1, 0.15) is 5.75 Å². The molecule has 3 aromatic carbocycles. The van der Waals surface area contributed by atoms with Gasteiger partial charge in [0, 0.05) is 11.3 Å². The van der Waals surface area contributed by atoms with Crippen molar-refractivity contribution in [1.29, 1.82) is 0 Å². The van der Waals surface area contributed by atoms with Crippen molar-refractivity contribution in [2.75, 3.05) is 11.1 Å². The molecule has 1 amide bonds. The molecule has 3 aromatic rings. The Balaban J connectivity index is 1.97. The Labute approximate surface area is 143 Å². The van der Waals surface area contributed by atoms with Crippen LogP contribution in [0.4, 0.5) is 11.4 Å². The van der Waals surface area contributed by atoms with E-state index < -0.39 is 16.0 Å². The normalized spacial score (nSPS) is 11.4. The van der Waals surface area contributed by atoms with Gasteiger partial charge in [0.15, 0.2) is 0 Å². The first-order chi connectivity index (χ1) is 11.7. The van der Waals surface area contributed by atoms with Crippen LogP contribution in [-0.4, -0.2) is 24.0 Å². The highest BCUT2D eigenvalue weighted by Crippen LogP contribution is 2.31. The van der Waals surface area contributed by atoms with Crippen molar-refractivity contribution in [2.24, 2.45) is 0 Å². The smallest absolute Gasteiger partial charge is 0.294 e. The number of carbonyl (C=O) groups excluding carboxylic acids is 1. The second kappa shape index (κ2) is 6.08. The largest absolute Gasteiger partial charge is 0.506 e. The molecule has 0 saturated heterocycles. The van der Waals surface area contributed by atoms with Gasteiger partial charge in [-0.2, -0.15) is 8.42 Å². The third kappa shape index (κ3) is 3.54. The van der Waals surface area contributed by atoms with Crippen LogP contribution in [0.2, 0.25) is 0 Å². The van der Waals surface area contributed by atoms with Crippen LogP contribution in [0.25, 0.3) is 10.8 Å². The number of nitrogen functional groups attached to an aromatic ring is 1. The number of phenolic OH excluding ortho intramolecular Hbond substituents is 1. The summed E-state index contributed by atoms with van der Waals surface area (Å²) in [5.41, 5.74) is 6.58. The molecule has 0 fully saturated rings. The van der Waals surface area contributed by atoms with Crippen LogP contribution in [0.15, 0.2) is 59.5 Å². The molecule has 0 radical (unpaired) electrons. The number of phenols is 1. The van der Waals surface area contributed by atoms with Crippen molar-refractivity contribution >= 4 is 38.2 Å². The summed E-state index contributed by atoms with van der Waals surface area (Å²) in [5.74, 6) is -0.686. The second-order valence-electron chi connectivity index (χ2n) is 5.43. The first-order valence-corrected chi connectivity index (χ1v) is 8.59. The highest BCUT2D eigenvalue weighted by atomic mass is 32.2. The van der Waals surface area contributed by atoms with Gasteiger partial charge >= 0.3 is 0 Å². The summed E-state index contributed by atoms with van der Waals surface area (Å²) in [6.07, 6.45) is 0. The lowest BCUT2D eigenvalue weighted by atomic mass is 10.1. The van der Waals surface area contributed by atoms with E-state index in [1.54, 1.807) is 18.2 Å². The van der Waals surface area contributed by atoms with E-state index in [0.29, 0.717) is 22.0 Å². The van der Waals surface area contributed by atoms with E-state index in [1.807, 2.05) is 0 Å². The molecule has 0 aromatic heterocycles. The summed E-state index contributed by atoms with van der Waals surface area (Å²) in [6, 6.07) is 13.1. The van der Waals surface area contributed by atoms with E-state index in [9.17, 15) is 18.3 Å². The van der Waals surface area contributed by atoms with Crippen LogP contribution in [0.1, 0.15) is 10.4 Å². The van der Waals surface area contributed by atoms with Crippen LogP contribution in [-0.2, 0) is 10.1 Å². The molecule has 0 spiro atoms. The number of anilines is 2. The number of fused-ring (bicyclic) bond motifs is 1. The van der Waals surface area contributed by atoms with E-state index in [-0.39, 0.29) is 16.3 Å². The highest BCUT2D eigenvalue weighted by Gasteiger charge is 2.13. The number of rotatable bonds is 3. The average molecular weight is 358 g/mol. The van der Waals surface area contributed by atoms with Gasteiger partial charge in [-0.05, 0) is 53.2 Å². The molecule has 25 heavy (non-hydrogen) atoms. The minimum absolute atomic E-state index is 0.166. The molecule has 0 atom stereocenters. The van der Waals surface area contributed by atoms with E-state index in [0.717, 1.165) is 0 Å². The number of hydrogen-bond donors (Lipinski definition) is 4. The van der Waals surface area contributed by atoms with Gasteiger partial charge in [-0.25, -0.2) is 0 Å². The predicted molar refractivity (Wildman–Crippen MR) is 94.2 cm³/mol. The minimum Gasteiger partial charge on any atom is -0.506 e. The Morgan fingerprint density at radius 2 is 1.76 bits per heavy atom. The van der Waals surface area contributed by atoms with Crippen molar-refractivity contribution in [3.8, 4) is 5.75 Å². The number of benzene rings is 3. The fourth-order valence-corrected chi connectivity index (χ4v) is 2.91. The minimum atomic E-state index is -4.34.